The van der Waals surface area contributed by atoms with E-state index in [0.717, 1.165) is 10.6 Å². The fourth-order valence-electron chi connectivity index (χ4n) is 3.13. The number of allylic oxidation sites excluding steroid dienone is 1. The van der Waals surface area contributed by atoms with Crippen LogP contribution in [0, 0.1) is 5.92 Å². The van der Waals surface area contributed by atoms with Crippen LogP contribution in [0.5, 0.6) is 0 Å². The first kappa shape index (κ1) is 18.1. The minimum Gasteiger partial charge on any atom is -0.391 e. The molecule has 1 aliphatic rings. The zero-order chi connectivity index (χ0) is 17.7. The first-order valence-corrected chi connectivity index (χ1v) is 8.31. The molecule has 24 heavy (non-hydrogen) atoms. The van der Waals surface area contributed by atoms with Crippen molar-refractivity contribution in [2.45, 2.75) is 52.2 Å². The van der Waals surface area contributed by atoms with Crippen LogP contribution in [-0.4, -0.2) is 39.0 Å². The fourth-order valence-corrected chi connectivity index (χ4v) is 3.13. The van der Waals surface area contributed by atoms with Gasteiger partial charge in [0.2, 0.25) is 5.91 Å². The molecule has 0 saturated carbocycles. The third-order valence-electron chi connectivity index (χ3n) is 4.44. The molecule has 1 fully saturated rings. The zero-order valence-corrected chi connectivity index (χ0v) is 14.4. The monoisotopic (exact) mass is 328 g/mol. The molecule has 2 rings (SSSR count). The minimum absolute atomic E-state index is 0.103. The van der Waals surface area contributed by atoms with E-state index in [1.807, 2.05) is 38.0 Å². The lowest BCUT2D eigenvalue weighted by Gasteiger charge is -2.29. The summed E-state index contributed by atoms with van der Waals surface area (Å²) < 4.78 is 0. The maximum Gasteiger partial charge on any atom is 0.228 e. The van der Waals surface area contributed by atoms with Crippen LogP contribution in [0.4, 0.5) is 0 Å². The molecule has 1 aromatic heterocycles. The molecular formula is C19H24N2O3. The van der Waals surface area contributed by atoms with Gasteiger partial charge in [0.1, 0.15) is 11.6 Å². The van der Waals surface area contributed by atoms with Gasteiger partial charge in [-0.25, -0.2) is 4.79 Å². The standard InChI is InChI=1S/C19H24N2O3/c1-4-17-15(6-5-9-20-17)10-13(2)11-18(23)14(3)21-16(12-22)7-8-19(21)24/h4-6,9-10,13-14,18,23H,7-8,11H2,1-3H3/b15-10-,17-4+/t13-,14?,18?/m1/s1. The van der Waals surface area contributed by atoms with Crippen molar-refractivity contribution < 1.29 is 14.7 Å². The van der Waals surface area contributed by atoms with Crippen molar-refractivity contribution in [2.24, 2.45) is 5.92 Å². The van der Waals surface area contributed by atoms with Gasteiger partial charge in [-0.15, -0.1) is 0 Å². The van der Waals surface area contributed by atoms with Gasteiger partial charge in [-0.2, -0.15) is 0 Å². The second kappa shape index (κ2) is 8.04. The SMILES string of the molecule is C/C=c1/nccc/c1=C/[C@@H](C)CC(O)C(C)N1C(=O)CCC1=C=O. The largest absolute Gasteiger partial charge is 0.391 e. The molecule has 1 N–H and O–H groups in total. The molecule has 2 unspecified atom stereocenters. The fraction of sp³-hybridized carbons (Fsp3) is 0.474. The van der Waals surface area contributed by atoms with E-state index in [2.05, 4.69) is 11.1 Å². The molecule has 1 aliphatic heterocycles. The number of rotatable bonds is 5. The summed E-state index contributed by atoms with van der Waals surface area (Å²) in [6.45, 7) is 5.73. The average Bonchev–Trinajstić information content (AvgIpc) is 2.95. The highest BCUT2D eigenvalue weighted by Gasteiger charge is 2.34. The number of likely N-dealkylation sites (tertiary alicyclic amines) is 1. The number of aliphatic hydroxyl groups is 1. The van der Waals surface area contributed by atoms with Crippen molar-refractivity contribution in [1.29, 1.82) is 0 Å². The lowest BCUT2D eigenvalue weighted by molar-refractivity contribution is -0.130. The Kier molecular flexibility index (Phi) is 6.07. The summed E-state index contributed by atoms with van der Waals surface area (Å²) in [5.41, 5.74) is 0.346. The van der Waals surface area contributed by atoms with E-state index in [4.69, 9.17) is 0 Å². The summed E-state index contributed by atoms with van der Waals surface area (Å²) in [6, 6.07) is 3.44. The van der Waals surface area contributed by atoms with Crippen molar-refractivity contribution >= 4 is 24.0 Å². The van der Waals surface area contributed by atoms with Gasteiger partial charge < -0.3 is 10.0 Å². The lowest BCUT2D eigenvalue weighted by Crippen LogP contribution is -2.42. The van der Waals surface area contributed by atoms with Gasteiger partial charge in [0.25, 0.3) is 0 Å². The van der Waals surface area contributed by atoms with E-state index in [1.165, 1.54) is 4.90 Å². The summed E-state index contributed by atoms with van der Waals surface area (Å²) in [4.78, 5) is 28.6. The van der Waals surface area contributed by atoms with E-state index >= 15 is 0 Å². The Morgan fingerprint density at radius 2 is 2.17 bits per heavy atom. The maximum atomic E-state index is 11.9. The molecule has 0 aliphatic carbocycles. The summed E-state index contributed by atoms with van der Waals surface area (Å²) in [5.74, 6) is 1.81. The number of carbonyl (C=O) groups is 1. The van der Waals surface area contributed by atoms with Crippen LogP contribution < -0.4 is 10.6 Å². The summed E-state index contributed by atoms with van der Waals surface area (Å²) in [6.07, 6.45) is 6.27. The van der Waals surface area contributed by atoms with E-state index in [-0.39, 0.29) is 11.8 Å². The van der Waals surface area contributed by atoms with Gasteiger partial charge in [-0.1, -0.05) is 25.1 Å². The highest BCUT2D eigenvalue weighted by atomic mass is 16.3. The molecule has 0 aromatic carbocycles. The molecule has 5 heteroatoms. The third-order valence-corrected chi connectivity index (χ3v) is 4.44. The highest BCUT2D eigenvalue weighted by molar-refractivity contribution is 5.84. The molecule has 0 spiro atoms. The Bertz CT molecular complexity index is 765. The molecule has 5 nitrogen and oxygen atoms in total. The van der Waals surface area contributed by atoms with Crippen molar-refractivity contribution in [2.75, 3.05) is 0 Å². The predicted molar refractivity (Wildman–Crippen MR) is 92.6 cm³/mol. The Morgan fingerprint density at radius 3 is 2.83 bits per heavy atom. The lowest BCUT2D eigenvalue weighted by atomic mass is 9.97. The summed E-state index contributed by atoms with van der Waals surface area (Å²) in [7, 11) is 0. The Labute approximate surface area is 142 Å². The number of pyridine rings is 1. The topological polar surface area (TPSA) is 70.5 Å². The van der Waals surface area contributed by atoms with Crippen molar-refractivity contribution in [1.82, 2.24) is 9.88 Å². The van der Waals surface area contributed by atoms with Crippen molar-refractivity contribution in [3.63, 3.8) is 0 Å². The van der Waals surface area contributed by atoms with Gasteiger partial charge in [0, 0.05) is 19.0 Å². The van der Waals surface area contributed by atoms with E-state index in [0.29, 0.717) is 25.0 Å². The normalized spacial score (nSPS) is 20.2. The van der Waals surface area contributed by atoms with Gasteiger partial charge >= 0.3 is 0 Å². The summed E-state index contributed by atoms with van der Waals surface area (Å²) >= 11 is 0. The quantitative estimate of drug-likeness (QED) is 0.811. The third kappa shape index (κ3) is 3.99. The van der Waals surface area contributed by atoms with Crippen LogP contribution >= 0.6 is 0 Å². The molecular weight excluding hydrogens is 304 g/mol. The van der Waals surface area contributed by atoms with Crippen molar-refractivity contribution in [3.8, 4) is 0 Å². The second-order valence-electron chi connectivity index (χ2n) is 6.27. The molecule has 128 valence electrons. The first-order valence-electron chi connectivity index (χ1n) is 8.31. The number of nitrogens with zero attached hydrogens (tertiary/aromatic N) is 2. The number of hydrogen-bond donors (Lipinski definition) is 1. The number of aromatic nitrogens is 1. The van der Waals surface area contributed by atoms with Crippen LogP contribution in [0.1, 0.15) is 40.0 Å². The van der Waals surface area contributed by atoms with Crippen LogP contribution in [0.25, 0.3) is 12.2 Å². The van der Waals surface area contributed by atoms with Gasteiger partial charge in [0.05, 0.1) is 17.5 Å². The van der Waals surface area contributed by atoms with E-state index in [9.17, 15) is 14.7 Å². The molecule has 3 atom stereocenters. The Hall–Kier alpha value is -2.23. The van der Waals surface area contributed by atoms with Gasteiger partial charge in [-0.3, -0.25) is 9.78 Å². The van der Waals surface area contributed by atoms with Gasteiger partial charge in [-0.05, 0) is 37.5 Å². The number of amides is 1. The van der Waals surface area contributed by atoms with Crippen LogP contribution in [0.15, 0.2) is 24.0 Å². The Morgan fingerprint density at radius 1 is 1.42 bits per heavy atom. The van der Waals surface area contributed by atoms with Crippen LogP contribution in [-0.2, 0) is 9.59 Å². The number of carbonyl (C=O) groups excluding carboxylic acids is 2. The minimum atomic E-state index is -0.715. The van der Waals surface area contributed by atoms with Crippen molar-refractivity contribution in [3.05, 3.63) is 34.6 Å². The molecule has 0 radical (unpaired) electrons. The second-order valence-corrected chi connectivity index (χ2v) is 6.27. The summed E-state index contributed by atoms with van der Waals surface area (Å²) in [5, 5.41) is 12.4. The van der Waals surface area contributed by atoms with Gasteiger partial charge in [0.15, 0.2) is 0 Å². The Balaban J connectivity index is 2.13. The smallest absolute Gasteiger partial charge is 0.228 e. The number of aliphatic hydroxyl groups excluding tert-OH is 1. The van der Waals surface area contributed by atoms with Crippen LogP contribution in [0.2, 0.25) is 0 Å². The van der Waals surface area contributed by atoms with Crippen LogP contribution in [0.3, 0.4) is 0 Å². The molecule has 0 bridgehead atoms. The highest BCUT2D eigenvalue weighted by Crippen LogP contribution is 2.26. The van der Waals surface area contributed by atoms with E-state index < -0.39 is 12.1 Å². The predicted octanol–water partition coefficient (Wildman–Crippen LogP) is 0.776. The molecule has 1 saturated heterocycles. The molecule has 2 heterocycles. The molecule has 1 aromatic rings. The average molecular weight is 328 g/mol. The van der Waals surface area contributed by atoms with E-state index in [1.54, 1.807) is 13.1 Å². The first-order chi connectivity index (χ1) is 11.5. The zero-order valence-electron chi connectivity index (χ0n) is 14.4. The number of hydrogen-bond acceptors (Lipinski definition) is 4. The maximum absolute atomic E-state index is 11.9. The molecule has 1 amide bonds.